The van der Waals surface area contributed by atoms with Crippen molar-refractivity contribution in [2.45, 2.75) is 18.5 Å². The summed E-state index contributed by atoms with van der Waals surface area (Å²) < 4.78 is 43.3. The Hall–Kier alpha value is -2.76. The lowest BCUT2D eigenvalue weighted by atomic mass is 9.92. The quantitative estimate of drug-likeness (QED) is 0.746. The highest BCUT2D eigenvalue weighted by atomic mass is 19.4. The van der Waals surface area contributed by atoms with Crippen LogP contribution in [-0.2, 0) is 6.18 Å². The summed E-state index contributed by atoms with van der Waals surface area (Å²) in [4.78, 5) is 13.7. The van der Waals surface area contributed by atoms with Crippen LogP contribution >= 0.6 is 0 Å². The van der Waals surface area contributed by atoms with Crippen molar-refractivity contribution in [3.05, 3.63) is 78.0 Å². The van der Waals surface area contributed by atoms with Crippen molar-refractivity contribution in [1.82, 2.24) is 4.90 Å². The minimum absolute atomic E-state index is 0.0735. The Morgan fingerprint density at radius 3 is 2.36 bits per heavy atom. The fraction of sp³-hybridized carbons (Fsp3) is 0.211. The van der Waals surface area contributed by atoms with Crippen LogP contribution in [0, 0.1) is 0 Å². The van der Waals surface area contributed by atoms with Crippen LogP contribution in [0.25, 0.3) is 0 Å². The zero-order valence-electron chi connectivity index (χ0n) is 13.2. The third-order valence-electron chi connectivity index (χ3n) is 4.02. The third-order valence-corrected chi connectivity index (χ3v) is 4.02. The van der Waals surface area contributed by atoms with Crippen molar-refractivity contribution in [2.75, 3.05) is 6.54 Å². The zero-order valence-corrected chi connectivity index (χ0v) is 13.2. The monoisotopic (exact) mass is 347 g/mol. The molecule has 1 atom stereocenters. The number of alkyl halides is 3. The number of ether oxygens (including phenoxy) is 1. The van der Waals surface area contributed by atoms with Gasteiger partial charge >= 0.3 is 12.3 Å². The predicted molar refractivity (Wildman–Crippen MR) is 87.1 cm³/mol. The summed E-state index contributed by atoms with van der Waals surface area (Å²) in [6.45, 7) is 0.355. The molecule has 0 saturated heterocycles. The number of nitrogens with zero attached hydrogens (tertiary/aromatic N) is 1. The van der Waals surface area contributed by atoms with E-state index in [1.807, 2.05) is 12.1 Å². The largest absolute Gasteiger partial charge is 0.419 e. The number of amides is 1. The average molecular weight is 347 g/mol. The van der Waals surface area contributed by atoms with E-state index in [1.165, 1.54) is 17.0 Å². The highest BCUT2D eigenvalue weighted by Crippen LogP contribution is 2.32. The second-order valence-corrected chi connectivity index (χ2v) is 5.77. The molecular formula is C19H16F3NO2. The van der Waals surface area contributed by atoms with Crippen molar-refractivity contribution < 1.29 is 22.7 Å². The Kier molecular flexibility index (Phi) is 4.79. The van der Waals surface area contributed by atoms with Crippen LogP contribution in [0.4, 0.5) is 18.0 Å². The Morgan fingerprint density at radius 2 is 1.72 bits per heavy atom. The molecule has 6 heteroatoms. The first-order valence-electron chi connectivity index (χ1n) is 7.81. The minimum Gasteiger partial charge on any atom is -0.410 e. The molecule has 0 N–H and O–H groups in total. The van der Waals surface area contributed by atoms with Gasteiger partial charge in [0, 0.05) is 18.7 Å². The van der Waals surface area contributed by atoms with Crippen molar-refractivity contribution >= 4 is 6.09 Å². The van der Waals surface area contributed by atoms with Crippen LogP contribution in [-0.4, -0.2) is 17.5 Å². The van der Waals surface area contributed by atoms with E-state index in [2.05, 4.69) is 0 Å². The summed E-state index contributed by atoms with van der Waals surface area (Å²) in [6.07, 6.45) is -0.750. The van der Waals surface area contributed by atoms with E-state index in [4.69, 9.17) is 4.74 Å². The lowest BCUT2D eigenvalue weighted by molar-refractivity contribution is -0.137. The van der Waals surface area contributed by atoms with Gasteiger partial charge in [0.05, 0.1) is 5.56 Å². The average Bonchev–Trinajstić information content (AvgIpc) is 2.62. The predicted octanol–water partition coefficient (Wildman–Crippen LogP) is 5.21. The molecule has 130 valence electrons. The van der Waals surface area contributed by atoms with Gasteiger partial charge in [-0.2, -0.15) is 13.2 Å². The Bertz CT molecular complexity index is 754. The molecule has 2 aromatic carbocycles. The Morgan fingerprint density at radius 1 is 1.04 bits per heavy atom. The number of carbonyl (C=O) groups excluding carboxylic acids is 1. The van der Waals surface area contributed by atoms with Gasteiger partial charge in [-0.15, -0.1) is 0 Å². The van der Waals surface area contributed by atoms with E-state index in [1.54, 1.807) is 30.5 Å². The van der Waals surface area contributed by atoms with Crippen LogP contribution in [0.15, 0.2) is 66.9 Å². The van der Waals surface area contributed by atoms with Gasteiger partial charge in [0.1, 0.15) is 5.75 Å². The molecule has 1 heterocycles. The number of benzene rings is 2. The van der Waals surface area contributed by atoms with Gasteiger partial charge in [-0.3, -0.25) is 4.90 Å². The molecule has 0 unspecified atom stereocenters. The number of halogens is 3. The van der Waals surface area contributed by atoms with Crippen LogP contribution in [0.3, 0.4) is 0 Å². The molecule has 0 radical (unpaired) electrons. The summed E-state index contributed by atoms with van der Waals surface area (Å²) in [6, 6.07) is 13.8. The molecular weight excluding hydrogens is 331 g/mol. The third kappa shape index (κ3) is 4.21. The highest BCUT2D eigenvalue weighted by molar-refractivity contribution is 5.72. The van der Waals surface area contributed by atoms with Crippen LogP contribution < -0.4 is 4.74 Å². The highest BCUT2D eigenvalue weighted by Gasteiger charge is 2.30. The van der Waals surface area contributed by atoms with E-state index < -0.39 is 17.8 Å². The summed E-state index contributed by atoms with van der Waals surface area (Å²) >= 11 is 0. The van der Waals surface area contributed by atoms with Crippen molar-refractivity contribution in [3.8, 4) is 5.75 Å². The number of allylic oxidation sites excluding steroid dienone is 1. The van der Waals surface area contributed by atoms with Gasteiger partial charge in [0.2, 0.25) is 0 Å². The maximum atomic E-state index is 12.7. The molecule has 0 aromatic heterocycles. The fourth-order valence-corrected chi connectivity index (χ4v) is 2.69. The molecule has 2 aromatic rings. The van der Waals surface area contributed by atoms with Crippen LogP contribution in [0.1, 0.15) is 23.5 Å². The molecule has 1 amide bonds. The molecule has 3 rings (SSSR count). The molecule has 25 heavy (non-hydrogen) atoms. The molecule has 0 saturated carbocycles. The summed E-state index contributed by atoms with van der Waals surface area (Å²) in [5.41, 5.74) is 0.0813. The van der Waals surface area contributed by atoms with Crippen LogP contribution in [0.5, 0.6) is 5.75 Å². The standard InChI is InChI=1S/C19H16F3NO2/c20-19(21,22)16-10-8-14(9-11-16)15-5-4-12-23(13-15)18(24)25-17-6-2-1-3-7-17/h1-4,6-12,15H,5,13H2/t15-/m1/s1. The number of rotatable bonds is 2. The topological polar surface area (TPSA) is 29.5 Å². The summed E-state index contributed by atoms with van der Waals surface area (Å²) in [7, 11) is 0. The van der Waals surface area contributed by atoms with E-state index in [0.717, 1.165) is 17.7 Å². The second-order valence-electron chi connectivity index (χ2n) is 5.77. The van der Waals surface area contributed by atoms with Crippen molar-refractivity contribution in [3.63, 3.8) is 0 Å². The van der Waals surface area contributed by atoms with Gasteiger partial charge in [-0.05, 0) is 36.2 Å². The molecule has 0 bridgehead atoms. The molecule has 1 aliphatic rings. The van der Waals surface area contributed by atoms with Crippen LogP contribution in [0.2, 0.25) is 0 Å². The van der Waals surface area contributed by atoms with Crippen molar-refractivity contribution in [1.29, 1.82) is 0 Å². The number of hydrogen-bond donors (Lipinski definition) is 0. The fourth-order valence-electron chi connectivity index (χ4n) is 2.69. The Balaban J connectivity index is 1.67. The maximum Gasteiger partial charge on any atom is 0.419 e. The van der Waals surface area contributed by atoms with E-state index in [9.17, 15) is 18.0 Å². The molecule has 3 nitrogen and oxygen atoms in total. The van der Waals surface area contributed by atoms with Crippen molar-refractivity contribution in [2.24, 2.45) is 0 Å². The molecule has 0 aliphatic carbocycles. The molecule has 0 spiro atoms. The van der Waals surface area contributed by atoms with E-state index in [0.29, 0.717) is 18.7 Å². The second kappa shape index (κ2) is 7.01. The molecule has 1 aliphatic heterocycles. The molecule has 0 fully saturated rings. The van der Waals surface area contributed by atoms with Gasteiger partial charge in [-0.1, -0.05) is 36.4 Å². The number of para-hydroxylation sites is 1. The number of hydrogen-bond acceptors (Lipinski definition) is 2. The summed E-state index contributed by atoms with van der Waals surface area (Å²) in [5.74, 6) is 0.369. The Labute approximate surface area is 143 Å². The SMILES string of the molecule is O=C(Oc1ccccc1)N1C=CC[C@@H](c2ccc(C(F)(F)F)cc2)C1. The number of carbonyl (C=O) groups is 1. The van der Waals surface area contributed by atoms with Gasteiger partial charge in [-0.25, -0.2) is 4.79 Å². The lowest BCUT2D eigenvalue weighted by Crippen LogP contribution is -2.34. The zero-order chi connectivity index (χ0) is 17.9. The summed E-state index contributed by atoms with van der Waals surface area (Å²) in [5, 5.41) is 0. The van der Waals surface area contributed by atoms with Gasteiger partial charge in [0.25, 0.3) is 0 Å². The minimum atomic E-state index is -4.35. The first-order chi connectivity index (χ1) is 11.9. The first kappa shape index (κ1) is 17.1. The lowest BCUT2D eigenvalue weighted by Gasteiger charge is -2.27. The van der Waals surface area contributed by atoms with Gasteiger partial charge < -0.3 is 4.74 Å². The normalized spacial score (nSPS) is 17.4. The smallest absolute Gasteiger partial charge is 0.410 e. The van der Waals surface area contributed by atoms with E-state index >= 15 is 0 Å². The first-order valence-corrected chi connectivity index (χ1v) is 7.81. The van der Waals surface area contributed by atoms with Gasteiger partial charge in [0.15, 0.2) is 0 Å². The maximum absolute atomic E-state index is 12.7. The van der Waals surface area contributed by atoms with E-state index in [-0.39, 0.29) is 5.92 Å².